The molecule has 0 bridgehead atoms. The molecule has 20 heavy (non-hydrogen) atoms. The summed E-state index contributed by atoms with van der Waals surface area (Å²) in [7, 11) is 0. The number of aromatic nitrogens is 1. The lowest BCUT2D eigenvalue weighted by Gasteiger charge is -2.07. The van der Waals surface area contributed by atoms with Crippen LogP contribution in [-0.4, -0.2) is 9.67 Å². The van der Waals surface area contributed by atoms with E-state index in [0.29, 0.717) is 17.1 Å². The highest BCUT2D eigenvalue weighted by molar-refractivity contribution is 6.30. The summed E-state index contributed by atoms with van der Waals surface area (Å²) in [6.07, 6.45) is 7.51. The first kappa shape index (κ1) is 13.7. The van der Waals surface area contributed by atoms with Crippen LogP contribution < -0.4 is 0 Å². The van der Waals surface area contributed by atoms with Gasteiger partial charge in [0.15, 0.2) is 0 Å². The summed E-state index contributed by atoms with van der Waals surface area (Å²) in [4.78, 5) is 0. The Bertz CT molecular complexity index is 623. The summed E-state index contributed by atoms with van der Waals surface area (Å²) in [5, 5.41) is 10.6. The van der Waals surface area contributed by atoms with E-state index in [1.165, 1.54) is 11.6 Å². The smallest absolute Gasteiger partial charge is 0.128 e. The molecule has 1 N–H and O–H groups in total. The lowest BCUT2D eigenvalue weighted by atomic mass is 10.1. The summed E-state index contributed by atoms with van der Waals surface area (Å²) >= 11 is 5.91. The summed E-state index contributed by atoms with van der Waals surface area (Å²) in [6.45, 7) is 0.437. The van der Waals surface area contributed by atoms with E-state index in [-0.39, 0.29) is 5.82 Å². The lowest BCUT2D eigenvalue weighted by molar-refractivity contribution is 0.166. The van der Waals surface area contributed by atoms with Crippen molar-refractivity contribution in [3.8, 4) is 0 Å². The number of benzene rings is 1. The van der Waals surface area contributed by atoms with Crippen LogP contribution in [0.3, 0.4) is 0 Å². The van der Waals surface area contributed by atoms with Crippen LogP contribution in [0.15, 0.2) is 30.6 Å². The van der Waals surface area contributed by atoms with E-state index in [0.717, 1.165) is 31.2 Å². The molecule has 1 aromatic carbocycles. The Balaban J connectivity index is 1.88. The number of aliphatic hydroxyl groups excluding tert-OH is 1. The van der Waals surface area contributed by atoms with Crippen molar-refractivity contribution in [3.63, 3.8) is 0 Å². The highest BCUT2D eigenvalue weighted by Gasteiger charge is 2.18. The van der Waals surface area contributed by atoms with Gasteiger partial charge in [-0.1, -0.05) is 18.0 Å². The molecule has 3 rings (SSSR count). The Morgan fingerprint density at radius 1 is 1.30 bits per heavy atom. The van der Waals surface area contributed by atoms with Gasteiger partial charge in [0.2, 0.25) is 0 Å². The van der Waals surface area contributed by atoms with E-state index >= 15 is 0 Å². The zero-order chi connectivity index (χ0) is 14.1. The van der Waals surface area contributed by atoms with E-state index in [2.05, 4.69) is 0 Å². The van der Waals surface area contributed by atoms with Gasteiger partial charge in [0, 0.05) is 35.1 Å². The van der Waals surface area contributed by atoms with Gasteiger partial charge in [-0.25, -0.2) is 4.39 Å². The normalized spacial score (nSPS) is 18.6. The standard InChI is InChI=1S/C16H17ClFNO/c17-13-5-6-15(18)12(7-13)9-19-8-11-3-1-2-4-16(20)14(11)10-19/h5-8,10,16,20H,1-4,9H2. The summed E-state index contributed by atoms with van der Waals surface area (Å²) in [5.41, 5.74) is 2.74. The van der Waals surface area contributed by atoms with Crippen LogP contribution in [0.2, 0.25) is 5.02 Å². The van der Waals surface area contributed by atoms with Gasteiger partial charge in [-0.2, -0.15) is 0 Å². The molecule has 0 radical (unpaired) electrons. The molecule has 1 aliphatic carbocycles. The first-order chi connectivity index (χ1) is 9.63. The van der Waals surface area contributed by atoms with Crippen molar-refractivity contribution in [2.24, 2.45) is 0 Å². The molecule has 0 amide bonds. The highest BCUT2D eigenvalue weighted by Crippen LogP contribution is 2.29. The van der Waals surface area contributed by atoms with Gasteiger partial charge < -0.3 is 9.67 Å². The van der Waals surface area contributed by atoms with Crippen molar-refractivity contribution in [2.45, 2.75) is 38.3 Å². The van der Waals surface area contributed by atoms with Crippen LogP contribution >= 0.6 is 11.6 Å². The molecule has 0 saturated carbocycles. The topological polar surface area (TPSA) is 25.2 Å². The van der Waals surface area contributed by atoms with Crippen LogP contribution in [0, 0.1) is 5.82 Å². The largest absolute Gasteiger partial charge is 0.388 e. The fraction of sp³-hybridized carbons (Fsp3) is 0.375. The van der Waals surface area contributed by atoms with Gasteiger partial charge in [0.05, 0.1) is 6.10 Å². The van der Waals surface area contributed by atoms with Gasteiger partial charge in [0.1, 0.15) is 5.82 Å². The molecule has 1 aromatic heterocycles. The number of hydrogen-bond acceptors (Lipinski definition) is 1. The first-order valence-electron chi connectivity index (χ1n) is 6.94. The van der Waals surface area contributed by atoms with Crippen molar-refractivity contribution >= 4 is 11.6 Å². The number of hydrogen-bond donors (Lipinski definition) is 1. The number of aryl methyl sites for hydroxylation is 1. The van der Waals surface area contributed by atoms with Gasteiger partial charge in [-0.15, -0.1) is 0 Å². The third-order valence-electron chi connectivity index (χ3n) is 3.89. The number of aliphatic hydroxyl groups is 1. The van der Waals surface area contributed by atoms with Crippen molar-refractivity contribution in [1.29, 1.82) is 0 Å². The average Bonchev–Trinajstić information content (AvgIpc) is 2.74. The van der Waals surface area contributed by atoms with Crippen molar-refractivity contribution in [3.05, 3.63) is 58.1 Å². The first-order valence-corrected chi connectivity index (χ1v) is 7.32. The molecule has 1 unspecified atom stereocenters. The number of halogens is 2. The van der Waals surface area contributed by atoms with Gasteiger partial charge in [0.25, 0.3) is 0 Å². The maximum atomic E-state index is 13.8. The van der Waals surface area contributed by atoms with Crippen LogP contribution in [-0.2, 0) is 13.0 Å². The minimum atomic E-state index is -0.391. The van der Waals surface area contributed by atoms with E-state index in [1.807, 2.05) is 17.0 Å². The Labute approximate surface area is 122 Å². The molecule has 1 aliphatic rings. The molecular formula is C16H17ClFNO. The molecule has 0 spiro atoms. The molecule has 4 heteroatoms. The second kappa shape index (κ2) is 5.58. The fourth-order valence-corrected chi connectivity index (χ4v) is 3.04. The van der Waals surface area contributed by atoms with Gasteiger partial charge in [-0.3, -0.25) is 0 Å². The lowest BCUT2D eigenvalue weighted by Crippen LogP contribution is -2.00. The fourth-order valence-electron chi connectivity index (χ4n) is 2.84. The van der Waals surface area contributed by atoms with Crippen LogP contribution in [0.5, 0.6) is 0 Å². The van der Waals surface area contributed by atoms with Crippen LogP contribution in [0.1, 0.15) is 42.1 Å². The quantitative estimate of drug-likeness (QED) is 0.829. The Kier molecular flexibility index (Phi) is 3.81. The highest BCUT2D eigenvalue weighted by atomic mass is 35.5. The summed E-state index contributed by atoms with van der Waals surface area (Å²) in [6, 6.07) is 4.59. The van der Waals surface area contributed by atoms with Crippen molar-refractivity contribution < 1.29 is 9.50 Å². The zero-order valence-corrected chi connectivity index (χ0v) is 11.9. The third-order valence-corrected chi connectivity index (χ3v) is 4.13. The molecule has 1 atom stereocenters. The van der Waals surface area contributed by atoms with Gasteiger partial charge in [-0.05, 0) is 43.0 Å². The summed E-state index contributed by atoms with van der Waals surface area (Å²) in [5.74, 6) is -0.251. The maximum Gasteiger partial charge on any atom is 0.128 e. The monoisotopic (exact) mass is 293 g/mol. The Morgan fingerprint density at radius 2 is 2.15 bits per heavy atom. The Morgan fingerprint density at radius 3 is 3.00 bits per heavy atom. The van der Waals surface area contributed by atoms with Crippen molar-refractivity contribution in [1.82, 2.24) is 4.57 Å². The molecule has 2 nitrogen and oxygen atoms in total. The van der Waals surface area contributed by atoms with Crippen molar-refractivity contribution in [2.75, 3.05) is 0 Å². The van der Waals surface area contributed by atoms with Crippen LogP contribution in [0.4, 0.5) is 4.39 Å². The molecule has 0 fully saturated rings. The van der Waals surface area contributed by atoms with E-state index in [4.69, 9.17) is 11.6 Å². The maximum absolute atomic E-state index is 13.8. The minimum Gasteiger partial charge on any atom is -0.388 e. The van der Waals surface area contributed by atoms with E-state index in [9.17, 15) is 9.50 Å². The van der Waals surface area contributed by atoms with Gasteiger partial charge >= 0.3 is 0 Å². The molecule has 0 aliphatic heterocycles. The van der Waals surface area contributed by atoms with Crippen LogP contribution in [0.25, 0.3) is 0 Å². The average molecular weight is 294 g/mol. The second-order valence-electron chi connectivity index (χ2n) is 5.41. The zero-order valence-electron chi connectivity index (χ0n) is 11.1. The molecule has 106 valence electrons. The minimum absolute atomic E-state index is 0.251. The Hall–Kier alpha value is -1.32. The number of rotatable bonds is 2. The molecular weight excluding hydrogens is 277 g/mol. The number of nitrogens with zero attached hydrogens (tertiary/aromatic N) is 1. The predicted molar refractivity (Wildman–Crippen MR) is 77.5 cm³/mol. The van der Waals surface area contributed by atoms with E-state index < -0.39 is 6.10 Å². The van der Waals surface area contributed by atoms with E-state index in [1.54, 1.807) is 12.1 Å². The molecule has 1 heterocycles. The third kappa shape index (κ3) is 2.74. The molecule has 2 aromatic rings. The predicted octanol–water partition coefficient (Wildman–Crippen LogP) is 4.09. The summed E-state index contributed by atoms with van der Waals surface area (Å²) < 4.78 is 15.7. The molecule has 0 saturated heterocycles. The SMILES string of the molecule is OC1CCCCc2cn(Cc3cc(Cl)ccc3F)cc21. The second-order valence-corrected chi connectivity index (χ2v) is 5.84. The number of fused-ring (bicyclic) bond motifs is 1.